The van der Waals surface area contributed by atoms with E-state index in [9.17, 15) is 5.11 Å². The van der Waals surface area contributed by atoms with Crippen LogP contribution in [0.2, 0.25) is 0 Å². The molecule has 4 rings (SSSR count). The second-order valence-electron chi connectivity index (χ2n) is 9.29. The number of hydrogen-bond donors (Lipinski definition) is 1. The van der Waals surface area contributed by atoms with Crippen LogP contribution in [0.4, 0.5) is 5.82 Å². The molecular weight excluding hydrogens is 424 g/mol. The second-order valence-corrected chi connectivity index (χ2v) is 9.29. The highest BCUT2D eigenvalue weighted by Gasteiger charge is 2.24. The fraction of sp³-hybridized carbons (Fsp3) is 0.429. The molecule has 6 heteroatoms. The van der Waals surface area contributed by atoms with Crippen LogP contribution >= 0.6 is 0 Å². The summed E-state index contributed by atoms with van der Waals surface area (Å²) in [5.74, 6) is 1.80. The molecule has 2 aromatic carbocycles. The minimum Gasteiger partial charge on any atom is -0.389 e. The van der Waals surface area contributed by atoms with Crippen molar-refractivity contribution in [2.45, 2.75) is 39.4 Å². The molecule has 1 atom stereocenters. The second kappa shape index (κ2) is 11.6. The van der Waals surface area contributed by atoms with Crippen molar-refractivity contribution in [2.75, 3.05) is 44.2 Å². The lowest BCUT2D eigenvalue weighted by atomic mass is 10.0. The van der Waals surface area contributed by atoms with Crippen LogP contribution in [0.3, 0.4) is 0 Å². The number of aliphatic hydroxyl groups is 1. The molecule has 1 aliphatic heterocycles. The number of piperazine rings is 1. The molecule has 0 spiro atoms. The van der Waals surface area contributed by atoms with Crippen LogP contribution in [0.1, 0.15) is 30.7 Å². The number of rotatable bonds is 9. The zero-order chi connectivity index (χ0) is 23.9. The third-order valence-electron chi connectivity index (χ3n) is 6.21. The molecule has 1 N–H and O–H groups in total. The minimum atomic E-state index is -0.464. The SMILES string of the molecule is Cc1nc(-c2ccccc2)nc(N2CCN(CC(O)COC(C)C)CC2)c1Cc1ccccc1. The van der Waals surface area contributed by atoms with Crippen LogP contribution in [0.25, 0.3) is 11.4 Å². The molecule has 0 saturated carbocycles. The van der Waals surface area contributed by atoms with Gasteiger partial charge in [0.1, 0.15) is 5.82 Å². The number of β-amino-alcohol motifs (C(OH)–C–C–N with tert-alkyl or cyclic N) is 1. The highest BCUT2D eigenvalue weighted by molar-refractivity contribution is 5.61. The Morgan fingerprint density at radius 1 is 0.912 bits per heavy atom. The first-order valence-electron chi connectivity index (χ1n) is 12.2. The summed E-state index contributed by atoms with van der Waals surface area (Å²) in [6.45, 7) is 10.6. The van der Waals surface area contributed by atoms with Gasteiger partial charge in [0, 0.05) is 56.0 Å². The van der Waals surface area contributed by atoms with Gasteiger partial charge < -0.3 is 14.7 Å². The van der Waals surface area contributed by atoms with Gasteiger partial charge in [0.15, 0.2) is 5.82 Å². The highest BCUT2D eigenvalue weighted by Crippen LogP contribution is 2.28. The number of ether oxygens (including phenoxy) is 1. The van der Waals surface area contributed by atoms with E-state index in [0.717, 1.165) is 55.5 Å². The van der Waals surface area contributed by atoms with Crippen molar-refractivity contribution >= 4 is 5.82 Å². The Hall–Kier alpha value is -2.80. The number of aryl methyl sites for hydroxylation is 1. The molecule has 6 nitrogen and oxygen atoms in total. The summed E-state index contributed by atoms with van der Waals surface area (Å²) in [4.78, 5) is 14.7. The fourth-order valence-electron chi connectivity index (χ4n) is 4.36. The fourth-order valence-corrected chi connectivity index (χ4v) is 4.36. The lowest BCUT2D eigenvalue weighted by Crippen LogP contribution is -2.49. The maximum absolute atomic E-state index is 10.3. The predicted molar refractivity (Wildman–Crippen MR) is 137 cm³/mol. The third-order valence-corrected chi connectivity index (χ3v) is 6.21. The first-order valence-corrected chi connectivity index (χ1v) is 12.2. The average molecular weight is 461 g/mol. The highest BCUT2D eigenvalue weighted by atomic mass is 16.5. The van der Waals surface area contributed by atoms with E-state index in [0.29, 0.717) is 13.2 Å². The quantitative estimate of drug-likeness (QED) is 0.522. The lowest BCUT2D eigenvalue weighted by molar-refractivity contribution is -0.00901. The molecule has 1 unspecified atom stereocenters. The maximum atomic E-state index is 10.3. The van der Waals surface area contributed by atoms with Crippen LogP contribution < -0.4 is 4.90 Å². The average Bonchev–Trinajstić information content (AvgIpc) is 2.85. The van der Waals surface area contributed by atoms with Gasteiger partial charge in [-0.3, -0.25) is 4.90 Å². The number of benzene rings is 2. The molecule has 1 aromatic heterocycles. The van der Waals surface area contributed by atoms with Crippen molar-refractivity contribution in [1.82, 2.24) is 14.9 Å². The molecule has 0 bridgehead atoms. The summed E-state index contributed by atoms with van der Waals surface area (Å²) in [6.07, 6.45) is 0.477. The van der Waals surface area contributed by atoms with Crippen LogP contribution in [-0.4, -0.2) is 71.5 Å². The number of aliphatic hydroxyl groups excluding tert-OH is 1. The van der Waals surface area contributed by atoms with Crippen molar-refractivity contribution in [3.05, 3.63) is 77.5 Å². The van der Waals surface area contributed by atoms with E-state index < -0.39 is 6.10 Å². The number of anilines is 1. The molecule has 0 radical (unpaired) electrons. The molecule has 34 heavy (non-hydrogen) atoms. The summed E-state index contributed by atoms with van der Waals surface area (Å²) in [7, 11) is 0. The molecular formula is C28H36N4O2. The molecule has 0 aliphatic carbocycles. The van der Waals surface area contributed by atoms with E-state index in [1.165, 1.54) is 11.1 Å². The van der Waals surface area contributed by atoms with E-state index >= 15 is 0 Å². The van der Waals surface area contributed by atoms with Crippen molar-refractivity contribution in [3.8, 4) is 11.4 Å². The van der Waals surface area contributed by atoms with Gasteiger partial charge in [0.05, 0.1) is 18.8 Å². The smallest absolute Gasteiger partial charge is 0.161 e. The van der Waals surface area contributed by atoms with Gasteiger partial charge >= 0.3 is 0 Å². The monoisotopic (exact) mass is 460 g/mol. The third kappa shape index (κ3) is 6.41. The van der Waals surface area contributed by atoms with E-state index in [1.54, 1.807) is 0 Å². The maximum Gasteiger partial charge on any atom is 0.161 e. The van der Waals surface area contributed by atoms with Crippen molar-refractivity contribution in [2.24, 2.45) is 0 Å². The van der Waals surface area contributed by atoms with E-state index in [4.69, 9.17) is 14.7 Å². The van der Waals surface area contributed by atoms with Crippen LogP contribution in [0.5, 0.6) is 0 Å². The van der Waals surface area contributed by atoms with Gasteiger partial charge in [-0.2, -0.15) is 0 Å². The van der Waals surface area contributed by atoms with Gasteiger partial charge in [-0.15, -0.1) is 0 Å². The summed E-state index contributed by atoms with van der Waals surface area (Å²) in [5, 5.41) is 10.3. The molecule has 2 heterocycles. The van der Waals surface area contributed by atoms with E-state index in [1.807, 2.05) is 38.1 Å². The molecule has 0 amide bonds. The summed E-state index contributed by atoms with van der Waals surface area (Å²) >= 11 is 0. The van der Waals surface area contributed by atoms with Crippen molar-refractivity contribution in [1.29, 1.82) is 0 Å². The molecule has 1 aliphatic rings. The Bertz CT molecular complexity index is 1040. The predicted octanol–water partition coefficient (Wildman–Crippen LogP) is 3.95. The molecule has 1 fully saturated rings. The largest absolute Gasteiger partial charge is 0.389 e. The number of hydrogen-bond acceptors (Lipinski definition) is 6. The number of nitrogens with zero attached hydrogens (tertiary/aromatic N) is 4. The van der Waals surface area contributed by atoms with E-state index in [2.05, 4.69) is 53.1 Å². The van der Waals surface area contributed by atoms with Crippen LogP contribution in [0, 0.1) is 6.92 Å². The van der Waals surface area contributed by atoms with Crippen molar-refractivity contribution < 1.29 is 9.84 Å². The Morgan fingerprint density at radius 3 is 2.21 bits per heavy atom. The number of aromatic nitrogens is 2. The summed E-state index contributed by atoms with van der Waals surface area (Å²) in [5.41, 5.74) is 4.50. The Morgan fingerprint density at radius 2 is 1.56 bits per heavy atom. The van der Waals surface area contributed by atoms with Gasteiger partial charge in [0.2, 0.25) is 0 Å². The van der Waals surface area contributed by atoms with E-state index in [-0.39, 0.29) is 6.10 Å². The molecule has 3 aromatic rings. The molecule has 180 valence electrons. The first-order chi connectivity index (χ1) is 16.5. The van der Waals surface area contributed by atoms with Gasteiger partial charge in [0.25, 0.3) is 0 Å². The Labute approximate surface area is 203 Å². The molecule has 1 saturated heterocycles. The minimum absolute atomic E-state index is 0.134. The lowest BCUT2D eigenvalue weighted by Gasteiger charge is -2.37. The zero-order valence-electron chi connectivity index (χ0n) is 20.5. The van der Waals surface area contributed by atoms with Crippen molar-refractivity contribution in [3.63, 3.8) is 0 Å². The summed E-state index contributed by atoms with van der Waals surface area (Å²) in [6, 6.07) is 20.7. The van der Waals surface area contributed by atoms with Crippen LogP contribution in [-0.2, 0) is 11.2 Å². The van der Waals surface area contributed by atoms with Gasteiger partial charge in [-0.05, 0) is 26.3 Å². The normalized spacial score (nSPS) is 15.6. The van der Waals surface area contributed by atoms with Crippen LogP contribution in [0.15, 0.2) is 60.7 Å². The Balaban J connectivity index is 1.54. The van der Waals surface area contributed by atoms with Gasteiger partial charge in [-0.25, -0.2) is 9.97 Å². The topological polar surface area (TPSA) is 61.7 Å². The first kappa shape index (κ1) is 24.3. The zero-order valence-corrected chi connectivity index (χ0v) is 20.5. The Kier molecular flexibility index (Phi) is 8.27. The summed E-state index contributed by atoms with van der Waals surface area (Å²) < 4.78 is 5.57. The van der Waals surface area contributed by atoms with Gasteiger partial charge in [-0.1, -0.05) is 60.7 Å². The standard InChI is InChI=1S/C28H36N4O2/c1-21(2)34-20-25(33)19-31-14-16-32(17-15-31)28-26(18-23-10-6-4-7-11-23)22(3)29-27(30-28)24-12-8-5-9-13-24/h4-13,21,25,33H,14-20H2,1-3H3.